The lowest BCUT2D eigenvalue weighted by atomic mass is 10.1. The fourth-order valence-corrected chi connectivity index (χ4v) is 1.54. The summed E-state index contributed by atoms with van der Waals surface area (Å²) in [6.45, 7) is 1.65. The second-order valence-electron chi connectivity index (χ2n) is 4.08. The van der Waals surface area contributed by atoms with E-state index in [0.717, 1.165) is 0 Å². The molecule has 0 bridgehead atoms. The molecule has 1 amide bonds. The van der Waals surface area contributed by atoms with E-state index in [0.29, 0.717) is 0 Å². The van der Waals surface area contributed by atoms with E-state index in [4.69, 9.17) is 5.11 Å². The van der Waals surface area contributed by atoms with Crippen LogP contribution >= 0.6 is 0 Å². The molecule has 7 heteroatoms. The molecule has 102 valence electrons. The Kier molecular flexibility index (Phi) is 4.99. The van der Waals surface area contributed by atoms with E-state index in [1.54, 1.807) is 6.92 Å². The van der Waals surface area contributed by atoms with Gasteiger partial charge in [-0.15, -0.1) is 0 Å². The lowest BCUT2D eigenvalue weighted by Gasteiger charge is -2.12. The van der Waals surface area contributed by atoms with Crippen molar-refractivity contribution in [2.24, 2.45) is 0 Å². The van der Waals surface area contributed by atoms with E-state index >= 15 is 0 Å². The molecule has 7 nitrogen and oxygen atoms in total. The van der Waals surface area contributed by atoms with E-state index in [1.165, 1.54) is 24.3 Å². The average molecular weight is 266 g/mol. The molecule has 0 saturated heterocycles. The van der Waals surface area contributed by atoms with Crippen LogP contribution in [0, 0.1) is 10.1 Å². The van der Waals surface area contributed by atoms with E-state index in [2.05, 4.69) is 5.32 Å². The number of hydrogen-bond acceptors (Lipinski definition) is 4. The van der Waals surface area contributed by atoms with Crippen LogP contribution in [0.2, 0.25) is 0 Å². The van der Waals surface area contributed by atoms with Crippen LogP contribution in [0.15, 0.2) is 24.3 Å². The Labute approximate surface area is 109 Å². The monoisotopic (exact) mass is 266 g/mol. The van der Waals surface area contributed by atoms with Gasteiger partial charge in [-0.25, -0.2) is 0 Å². The van der Waals surface area contributed by atoms with Crippen LogP contribution < -0.4 is 5.32 Å². The standard InChI is InChI=1S/C12H14N2O5/c1-8(6-7-11(15)16)13-12(17)9-4-2-3-5-10(9)14(18)19/h2-5,8H,6-7H2,1H3,(H,13,17)(H,15,16). The highest BCUT2D eigenvalue weighted by Gasteiger charge is 2.20. The lowest BCUT2D eigenvalue weighted by Crippen LogP contribution is -2.33. The molecule has 0 spiro atoms. The van der Waals surface area contributed by atoms with Crippen LogP contribution in [-0.2, 0) is 4.79 Å². The van der Waals surface area contributed by atoms with Gasteiger partial charge in [0.25, 0.3) is 11.6 Å². The van der Waals surface area contributed by atoms with E-state index in [1.807, 2.05) is 0 Å². The van der Waals surface area contributed by atoms with Crippen LogP contribution in [0.1, 0.15) is 30.1 Å². The molecule has 0 saturated carbocycles. The van der Waals surface area contributed by atoms with E-state index in [9.17, 15) is 19.7 Å². The lowest BCUT2D eigenvalue weighted by molar-refractivity contribution is -0.385. The second-order valence-corrected chi connectivity index (χ2v) is 4.08. The first-order chi connectivity index (χ1) is 8.91. The molecule has 1 rings (SSSR count). The first kappa shape index (κ1) is 14.6. The van der Waals surface area contributed by atoms with Crippen molar-refractivity contribution in [2.45, 2.75) is 25.8 Å². The van der Waals surface area contributed by atoms with Crippen molar-refractivity contribution in [1.82, 2.24) is 5.32 Å². The maximum absolute atomic E-state index is 11.9. The maximum atomic E-state index is 11.9. The van der Waals surface area contributed by atoms with Crippen molar-refractivity contribution >= 4 is 17.6 Å². The predicted molar refractivity (Wildman–Crippen MR) is 66.9 cm³/mol. The largest absolute Gasteiger partial charge is 0.481 e. The number of hydrogen-bond donors (Lipinski definition) is 2. The zero-order chi connectivity index (χ0) is 14.4. The van der Waals surface area contributed by atoms with Crippen molar-refractivity contribution in [2.75, 3.05) is 0 Å². The summed E-state index contributed by atoms with van der Waals surface area (Å²) < 4.78 is 0. The zero-order valence-electron chi connectivity index (χ0n) is 10.3. The Balaban J connectivity index is 2.73. The summed E-state index contributed by atoms with van der Waals surface area (Å²) in [7, 11) is 0. The van der Waals surface area contributed by atoms with E-state index < -0.39 is 16.8 Å². The number of rotatable bonds is 6. The topological polar surface area (TPSA) is 110 Å². The summed E-state index contributed by atoms with van der Waals surface area (Å²) in [4.78, 5) is 32.4. The Morgan fingerprint density at radius 2 is 2.05 bits per heavy atom. The number of carboxylic acid groups (broad SMARTS) is 1. The van der Waals surface area contributed by atoms with Crippen molar-refractivity contribution in [1.29, 1.82) is 0 Å². The Morgan fingerprint density at radius 3 is 2.63 bits per heavy atom. The van der Waals surface area contributed by atoms with Crippen molar-refractivity contribution in [3.05, 3.63) is 39.9 Å². The van der Waals surface area contributed by atoms with Gasteiger partial charge in [-0.1, -0.05) is 12.1 Å². The molecule has 0 aliphatic carbocycles. The van der Waals surface area contributed by atoms with Crippen LogP contribution in [-0.4, -0.2) is 27.9 Å². The van der Waals surface area contributed by atoms with Gasteiger partial charge in [-0.3, -0.25) is 19.7 Å². The molecule has 0 aliphatic heterocycles. The molecule has 1 atom stereocenters. The van der Waals surface area contributed by atoms with Crippen LogP contribution in [0.5, 0.6) is 0 Å². The van der Waals surface area contributed by atoms with Gasteiger partial charge in [-0.05, 0) is 19.4 Å². The first-order valence-electron chi connectivity index (χ1n) is 5.68. The SMILES string of the molecule is CC(CCC(=O)O)NC(=O)c1ccccc1[N+](=O)[O-]. The first-order valence-corrected chi connectivity index (χ1v) is 5.68. The molecule has 0 heterocycles. The summed E-state index contributed by atoms with van der Waals surface area (Å²) in [5, 5.41) is 21.8. The van der Waals surface area contributed by atoms with Gasteiger partial charge in [0, 0.05) is 18.5 Å². The van der Waals surface area contributed by atoms with Crippen molar-refractivity contribution < 1.29 is 19.6 Å². The number of carbonyl (C=O) groups is 2. The minimum Gasteiger partial charge on any atom is -0.481 e. The van der Waals surface area contributed by atoms with Gasteiger partial charge in [0.05, 0.1) is 4.92 Å². The third-order valence-electron chi connectivity index (χ3n) is 2.51. The number of nitrogens with zero attached hydrogens (tertiary/aromatic N) is 1. The molecule has 0 aromatic heterocycles. The smallest absolute Gasteiger partial charge is 0.303 e. The predicted octanol–water partition coefficient (Wildman–Crippen LogP) is 1.58. The summed E-state index contributed by atoms with van der Waals surface area (Å²) >= 11 is 0. The fourth-order valence-electron chi connectivity index (χ4n) is 1.54. The van der Waals surface area contributed by atoms with Crippen LogP contribution in [0.4, 0.5) is 5.69 Å². The third kappa shape index (κ3) is 4.38. The van der Waals surface area contributed by atoms with Gasteiger partial charge in [0.1, 0.15) is 5.56 Å². The number of nitrogens with one attached hydrogen (secondary N) is 1. The minimum absolute atomic E-state index is 0.0327. The Hall–Kier alpha value is -2.44. The zero-order valence-corrected chi connectivity index (χ0v) is 10.3. The second kappa shape index (κ2) is 6.48. The molecular weight excluding hydrogens is 252 g/mol. The summed E-state index contributed by atoms with van der Waals surface area (Å²) in [5.41, 5.74) is -0.305. The quantitative estimate of drug-likeness (QED) is 0.600. The van der Waals surface area contributed by atoms with Gasteiger partial charge in [-0.2, -0.15) is 0 Å². The van der Waals surface area contributed by atoms with Gasteiger partial charge < -0.3 is 10.4 Å². The number of aliphatic carboxylic acids is 1. The molecule has 1 aromatic carbocycles. The number of nitro benzene ring substituents is 1. The van der Waals surface area contributed by atoms with Crippen LogP contribution in [0.25, 0.3) is 0 Å². The number of nitro groups is 1. The molecule has 0 radical (unpaired) electrons. The summed E-state index contributed by atoms with van der Waals surface area (Å²) in [5.74, 6) is -1.53. The Morgan fingerprint density at radius 1 is 1.42 bits per heavy atom. The molecular formula is C12H14N2O5. The molecule has 2 N–H and O–H groups in total. The number of benzene rings is 1. The molecule has 0 fully saturated rings. The van der Waals surface area contributed by atoms with Crippen LogP contribution in [0.3, 0.4) is 0 Å². The number of para-hydroxylation sites is 1. The van der Waals surface area contributed by atoms with Crippen molar-refractivity contribution in [3.8, 4) is 0 Å². The molecule has 19 heavy (non-hydrogen) atoms. The van der Waals surface area contributed by atoms with Crippen molar-refractivity contribution in [3.63, 3.8) is 0 Å². The normalized spacial score (nSPS) is 11.6. The number of carbonyl (C=O) groups excluding carboxylic acids is 1. The van der Waals surface area contributed by atoms with Gasteiger partial charge in [0.2, 0.25) is 0 Å². The summed E-state index contributed by atoms with van der Waals surface area (Å²) in [6, 6.07) is 5.24. The highest BCUT2D eigenvalue weighted by atomic mass is 16.6. The molecule has 1 unspecified atom stereocenters. The fraction of sp³-hybridized carbons (Fsp3) is 0.333. The summed E-state index contributed by atoms with van der Waals surface area (Å²) in [6.07, 6.45) is 0.194. The maximum Gasteiger partial charge on any atom is 0.303 e. The highest BCUT2D eigenvalue weighted by molar-refractivity contribution is 5.98. The van der Waals surface area contributed by atoms with E-state index in [-0.39, 0.29) is 30.1 Å². The van der Waals surface area contributed by atoms with Gasteiger partial charge >= 0.3 is 5.97 Å². The molecule has 1 aromatic rings. The Bertz CT molecular complexity index is 501. The minimum atomic E-state index is -0.952. The molecule has 0 aliphatic rings. The third-order valence-corrected chi connectivity index (χ3v) is 2.51. The number of amides is 1. The highest BCUT2D eigenvalue weighted by Crippen LogP contribution is 2.17. The average Bonchev–Trinajstić information content (AvgIpc) is 2.36. The van der Waals surface area contributed by atoms with Gasteiger partial charge in [0.15, 0.2) is 0 Å². The number of carboxylic acids is 1.